The number of nitrogens with one attached hydrogen (secondary N) is 1. The smallest absolute Gasteiger partial charge is 0.0291 e. The predicted octanol–water partition coefficient (Wildman–Crippen LogP) is 3.23. The van der Waals surface area contributed by atoms with Crippen LogP contribution in [-0.2, 0) is 12.8 Å². The van der Waals surface area contributed by atoms with Crippen LogP contribution in [0.3, 0.4) is 0 Å². The first-order chi connectivity index (χ1) is 9.60. The predicted molar refractivity (Wildman–Crippen MR) is 85.6 cm³/mol. The summed E-state index contributed by atoms with van der Waals surface area (Å²) in [4.78, 5) is 0. The zero-order chi connectivity index (χ0) is 14.5. The fourth-order valence-corrected chi connectivity index (χ4v) is 2.58. The first-order valence-corrected chi connectivity index (χ1v) is 7.17. The molecule has 1 atom stereocenters. The first kappa shape index (κ1) is 14.8. The fraction of sp³-hybridized carbons (Fsp3) is 0.333. The summed E-state index contributed by atoms with van der Waals surface area (Å²) in [6.07, 6.45) is 1.91. The summed E-state index contributed by atoms with van der Waals surface area (Å²) in [5, 5.41) is 0. The fourth-order valence-electron chi connectivity index (χ4n) is 2.58. The summed E-state index contributed by atoms with van der Waals surface area (Å²) in [5.41, 5.74) is 9.68. The van der Waals surface area contributed by atoms with Crippen LogP contribution in [0.1, 0.15) is 27.8 Å². The third-order valence-electron chi connectivity index (χ3n) is 3.93. The minimum Gasteiger partial charge on any atom is -0.271 e. The van der Waals surface area contributed by atoms with Crippen molar-refractivity contribution in [2.24, 2.45) is 5.84 Å². The maximum Gasteiger partial charge on any atom is 0.0291 e. The summed E-state index contributed by atoms with van der Waals surface area (Å²) >= 11 is 0. The molecule has 0 saturated heterocycles. The van der Waals surface area contributed by atoms with Crippen LogP contribution in [0.4, 0.5) is 0 Å². The Kier molecular flexibility index (Phi) is 4.94. The Balaban J connectivity index is 2.13. The molecule has 0 aliphatic carbocycles. The molecule has 0 aliphatic rings. The second-order valence-corrected chi connectivity index (χ2v) is 5.63. The van der Waals surface area contributed by atoms with Crippen molar-refractivity contribution in [2.45, 2.75) is 39.7 Å². The van der Waals surface area contributed by atoms with Crippen LogP contribution in [0, 0.1) is 20.8 Å². The Labute approximate surface area is 122 Å². The standard InChI is InChI=1S/C18H24N2/c1-13-8-9-15(3)17(10-13)12-18(20-19)11-16-7-5-4-6-14(16)2/h4-10,18,20H,11-12,19H2,1-3H3. The van der Waals surface area contributed by atoms with E-state index in [-0.39, 0.29) is 6.04 Å². The molecule has 2 rings (SSSR count). The van der Waals surface area contributed by atoms with Crippen LogP contribution in [-0.4, -0.2) is 6.04 Å². The molecule has 0 fully saturated rings. The molecule has 20 heavy (non-hydrogen) atoms. The molecule has 0 aromatic heterocycles. The van der Waals surface area contributed by atoms with Crippen molar-refractivity contribution < 1.29 is 0 Å². The molecule has 0 saturated carbocycles. The van der Waals surface area contributed by atoms with Gasteiger partial charge in [-0.3, -0.25) is 11.3 Å². The molecule has 0 bridgehead atoms. The van der Waals surface area contributed by atoms with E-state index < -0.39 is 0 Å². The van der Waals surface area contributed by atoms with Crippen molar-refractivity contribution in [1.29, 1.82) is 0 Å². The third-order valence-corrected chi connectivity index (χ3v) is 3.93. The minimum absolute atomic E-state index is 0.261. The van der Waals surface area contributed by atoms with Gasteiger partial charge in [0.2, 0.25) is 0 Å². The lowest BCUT2D eigenvalue weighted by Gasteiger charge is -2.19. The van der Waals surface area contributed by atoms with Crippen molar-refractivity contribution >= 4 is 0 Å². The largest absolute Gasteiger partial charge is 0.271 e. The Bertz CT molecular complexity index is 575. The Morgan fingerprint density at radius 1 is 0.900 bits per heavy atom. The molecule has 0 spiro atoms. The van der Waals surface area contributed by atoms with Gasteiger partial charge in [-0.15, -0.1) is 0 Å². The lowest BCUT2D eigenvalue weighted by atomic mass is 9.94. The number of aryl methyl sites for hydroxylation is 3. The molecule has 2 aromatic carbocycles. The molecule has 2 heteroatoms. The summed E-state index contributed by atoms with van der Waals surface area (Å²) < 4.78 is 0. The first-order valence-electron chi connectivity index (χ1n) is 7.17. The van der Waals surface area contributed by atoms with Crippen LogP contribution >= 0.6 is 0 Å². The van der Waals surface area contributed by atoms with Crippen molar-refractivity contribution in [2.75, 3.05) is 0 Å². The van der Waals surface area contributed by atoms with Gasteiger partial charge in [-0.2, -0.15) is 0 Å². The highest BCUT2D eigenvalue weighted by atomic mass is 15.2. The molecular formula is C18H24N2. The maximum atomic E-state index is 5.76. The van der Waals surface area contributed by atoms with Crippen LogP contribution in [0.5, 0.6) is 0 Å². The Morgan fingerprint density at radius 3 is 2.25 bits per heavy atom. The number of hydrogen-bond acceptors (Lipinski definition) is 2. The number of hydrazine groups is 1. The molecule has 0 aliphatic heterocycles. The van der Waals surface area contributed by atoms with Gasteiger partial charge < -0.3 is 0 Å². The van der Waals surface area contributed by atoms with E-state index >= 15 is 0 Å². The van der Waals surface area contributed by atoms with E-state index in [2.05, 4.69) is 68.7 Å². The minimum atomic E-state index is 0.261. The molecule has 0 radical (unpaired) electrons. The molecule has 1 unspecified atom stereocenters. The summed E-state index contributed by atoms with van der Waals surface area (Å²) in [5.74, 6) is 5.76. The molecule has 0 heterocycles. The lowest BCUT2D eigenvalue weighted by Crippen LogP contribution is -2.38. The van der Waals surface area contributed by atoms with Gasteiger partial charge in [0.15, 0.2) is 0 Å². The van der Waals surface area contributed by atoms with E-state index in [1.807, 2.05) is 0 Å². The zero-order valence-corrected chi connectivity index (χ0v) is 12.6. The molecule has 0 amide bonds. The maximum absolute atomic E-state index is 5.76. The van der Waals surface area contributed by atoms with Crippen molar-refractivity contribution in [3.8, 4) is 0 Å². The van der Waals surface area contributed by atoms with E-state index in [4.69, 9.17) is 5.84 Å². The topological polar surface area (TPSA) is 38.0 Å². The summed E-state index contributed by atoms with van der Waals surface area (Å²) in [7, 11) is 0. The number of rotatable bonds is 5. The van der Waals surface area contributed by atoms with E-state index in [1.165, 1.54) is 27.8 Å². The van der Waals surface area contributed by atoms with Gasteiger partial charge in [-0.1, -0.05) is 48.0 Å². The molecule has 2 nitrogen and oxygen atoms in total. The quantitative estimate of drug-likeness (QED) is 0.645. The van der Waals surface area contributed by atoms with E-state index in [0.29, 0.717) is 0 Å². The average molecular weight is 268 g/mol. The number of nitrogens with two attached hydrogens (primary N) is 1. The zero-order valence-electron chi connectivity index (χ0n) is 12.6. The number of hydrogen-bond donors (Lipinski definition) is 2. The van der Waals surface area contributed by atoms with Gasteiger partial charge in [0.25, 0.3) is 0 Å². The normalized spacial score (nSPS) is 12.4. The van der Waals surface area contributed by atoms with Crippen molar-refractivity contribution in [3.63, 3.8) is 0 Å². The van der Waals surface area contributed by atoms with Gasteiger partial charge in [0, 0.05) is 6.04 Å². The average Bonchev–Trinajstić information content (AvgIpc) is 2.44. The van der Waals surface area contributed by atoms with Gasteiger partial charge in [-0.05, 0) is 55.9 Å². The monoisotopic (exact) mass is 268 g/mol. The number of benzene rings is 2. The van der Waals surface area contributed by atoms with Gasteiger partial charge in [0.1, 0.15) is 0 Å². The van der Waals surface area contributed by atoms with Gasteiger partial charge in [-0.25, -0.2) is 0 Å². The molecular weight excluding hydrogens is 244 g/mol. The lowest BCUT2D eigenvalue weighted by molar-refractivity contribution is 0.520. The summed E-state index contributed by atoms with van der Waals surface area (Å²) in [6.45, 7) is 6.45. The van der Waals surface area contributed by atoms with Crippen molar-refractivity contribution in [1.82, 2.24) is 5.43 Å². The highest BCUT2D eigenvalue weighted by Gasteiger charge is 2.11. The van der Waals surface area contributed by atoms with Crippen LogP contribution in [0.25, 0.3) is 0 Å². The van der Waals surface area contributed by atoms with Crippen molar-refractivity contribution in [3.05, 3.63) is 70.3 Å². The molecule has 2 aromatic rings. The van der Waals surface area contributed by atoms with E-state index in [0.717, 1.165) is 12.8 Å². The third kappa shape index (κ3) is 3.69. The van der Waals surface area contributed by atoms with Gasteiger partial charge >= 0.3 is 0 Å². The highest BCUT2D eigenvalue weighted by Crippen LogP contribution is 2.16. The van der Waals surface area contributed by atoms with E-state index in [9.17, 15) is 0 Å². The second-order valence-electron chi connectivity index (χ2n) is 5.63. The van der Waals surface area contributed by atoms with Crippen LogP contribution < -0.4 is 11.3 Å². The van der Waals surface area contributed by atoms with Crippen LogP contribution in [0.2, 0.25) is 0 Å². The second kappa shape index (κ2) is 6.69. The highest BCUT2D eigenvalue weighted by molar-refractivity contribution is 5.32. The molecule has 3 N–H and O–H groups in total. The summed E-state index contributed by atoms with van der Waals surface area (Å²) in [6, 6.07) is 15.4. The van der Waals surface area contributed by atoms with Gasteiger partial charge in [0.05, 0.1) is 0 Å². The Hall–Kier alpha value is -1.64. The van der Waals surface area contributed by atoms with E-state index in [1.54, 1.807) is 0 Å². The molecule has 106 valence electrons. The SMILES string of the molecule is Cc1ccc(C)c(CC(Cc2ccccc2C)NN)c1. The Morgan fingerprint density at radius 2 is 1.55 bits per heavy atom. The van der Waals surface area contributed by atoms with Crippen LogP contribution in [0.15, 0.2) is 42.5 Å².